The fraction of sp³-hybridized carbons (Fsp3) is 0.643. The number of pyridine rings is 1. The second-order valence-corrected chi connectivity index (χ2v) is 5.12. The molecular weight excluding hydrogens is 212 g/mol. The Morgan fingerprint density at radius 2 is 2.24 bits per heavy atom. The van der Waals surface area contributed by atoms with Gasteiger partial charge in [-0.2, -0.15) is 0 Å². The lowest BCUT2D eigenvalue weighted by atomic mass is 10.0. The molecule has 3 nitrogen and oxygen atoms in total. The molecule has 3 heteroatoms. The standard InChI is InChI=1S/C14H22N2O/c1-11-5-4-9-16(10-7-11)14-13(12(2)17)6-3-8-15-14/h3,6,8,11-12,17H,4-5,7,9-10H2,1-2H3/t11?,12-/m0/s1. The number of rotatable bonds is 2. The molecule has 0 bridgehead atoms. The highest BCUT2D eigenvalue weighted by Crippen LogP contribution is 2.27. The molecular formula is C14H22N2O. The van der Waals surface area contributed by atoms with Crippen LogP contribution in [0.1, 0.15) is 44.8 Å². The minimum Gasteiger partial charge on any atom is -0.389 e. The molecule has 1 saturated heterocycles. The van der Waals surface area contributed by atoms with Gasteiger partial charge < -0.3 is 10.0 Å². The maximum Gasteiger partial charge on any atom is 0.134 e. The largest absolute Gasteiger partial charge is 0.389 e. The molecule has 0 saturated carbocycles. The van der Waals surface area contributed by atoms with Gasteiger partial charge in [-0.05, 0) is 38.2 Å². The van der Waals surface area contributed by atoms with Crippen molar-refractivity contribution in [2.45, 2.75) is 39.2 Å². The fourth-order valence-corrected chi connectivity index (χ4v) is 2.47. The van der Waals surface area contributed by atoms with Crippen LogP contribution in [0.2, 0.25) is 0 Å². The number of nitrogens with zero attached hydrogens (tertiary/aromatic N) is 2. The quantitative estimate of drug-likeness (QED) is 0.854. The van der Waals surface area contributed by atoms with Gasteiger partial charge in [0.1, 0.15) is 5.82 Å². The Kier molecular flexibility index (Phi) is 4.00. The average molecular weight is 234 g/mol. The molecule has 0 spiro atoms. The SMILES string of the molecule is CC1CCCN(c2ncccc2[C@H](C)O)CC1. The summed E-state index contributed by atoms with van der Waals surface area (Å²) in [5.41, 5.74) is 0.946. The zero-order chi connectivity index (χ0) is 12.3. The zero-order valence-electron chi connectivity index (χ0n) is 10.8. The molecule has 1 aromatic rings. The van der Waals surface area contributed by atoms with Crippen LogP contribution in [0.3, 0.4) is 0 Å². The number of anilines is 1. The highest BCUT2D eigenvalue weighted by Gasteiger charge is 2.18. The fourth-order valence-electron chi connectivity index (χ4n) is 2.47. The Bertz CT molecular complexity index is 365. The Hall–Kier alpha value is -1.09. The van der Waals surface area contributed by atoms with E-state index in [0.29, 0.717) is 0 Å². The highest BCUT2D eigenvalue weighted by atomic mass is 16.3. The third kappa shape index (κ3) is 2.97. The van der Waals surface area contributed by atoms with Crippen molar-refractivity contribution in [3.8, 4) is 0 Å². The lowest BCUT2D eigenvalue weighted by molar-refractivity contribution is 0.199. The van der Waals surface area contributed by atoms with Gasteiger partial charge in [-0.3, -0.25) is 0 Å². The van der Waals surface area contributed by atoms with Crippen molar-refractivity contribution in [1.82, 2.24) is 4.98 Å². The van der Waals surface area contributed by atoms with Gasteiger partial charge in [0.05, 0.1) is 6.10 Å². The van der Waals surface area contributed by atoms with Gasteiger partial charge in [0.15, 0.2) is 0 Å². The van der Waals surface area contributed by atoms with Crippen LogP contribution >= 0.6 is 0 Å². The lowest BCUT2D eigenvalue weighted by Gasteiger charge is -2.25. The molecule has 94 valence electrons. The number of aromatic nitrogens is 1. The summed E-state index contributed by atoms with van der Waals surface area (Å²) in [7, 11) is 0. The molecule has 1 aliphatic rings. The smallest absolute Gasteiger partial charge is 0.134 e. The number of aliphatic hydroxyl groups is 1. The van der Waals surface area contributed by atoms with E-state index < -0.39 is 6.10 Å². The van der Waals surface area contributed by atoms with Gasteiger partial charge >= 0.3 is 0 Å². The summed E-state index contributed by atoms with van der Waals surface area (Å²) < 4.78 is 0. The van der Waals surface area contributed by atoms with E-state index in [1.54, 1.807) is 6.92 Å². The van der Waals surface area contributed by atoms with Gasteiger partial charge in [-0.1, -0.05) is 13.0 Å². The molecule has 1 fully saturated rings. The van der Waals surface area contributed by atoms with Crippen LogP contribution in [-0.2, 0) is 0 Å². The van der Waals surface area contributed by atoms with Crippen molar-refractivity contribution < 1.29 is 5.11 Å². The summed E-state index contributed by atoms with van der Waals surface area (Å²) in [6.07, 6.45) is 5.11. The minimum atomic E-state index is -0.445. The summed E-state index contributed by atoms with van der Waals surface area (Å²) in [5, 5.41) is 9.79. The molecule has 2 atom stereocenters. The van der Waals surface area contributed by atoms with Crippen LogP contribution in [0.15, 0.2) is 18.3 Å². The molecule has 1 aromatic heterocycles. The summed E-state index contributed by atoms with van der Waals surface area (Å²) in [6.45, 7) is 6.23. The lowest BCUT2D eigenvalue weighted by Crippen LogP contribution is -2.26. The van der Waals surface area contributed by atoms with Crippen LogP contribution in [-0.4, -0.2) is 23.2 Å². The minimum absolute atomic E-state index is 0.445. The number of aliphatic hydroxyl groups excluding tert-OH is 1. The summed E-state index contributed by atoms with van der Waals surface area (Å²) >= 11 is 0. The van der Waals surface area contributed by atoms with Gasteiger partial charge in [-0.15, -0.1) is 0 Å². The molecule has 17 heavy (non-hydrogen) atoms. The van der Waals surface area contributed by atoms with Gasteiger partial charge in [0.25, 0.3) is 0 Å². The molecule has 0 aliphatic carbocycles. The number of hydrogen-bond donors (Lipinski definition) is 1. The highest BCUT2D eigenvalue weighted by molar-refractivity contribution is 5.47. The van der Waals surface area contributed by atoms with Crippen LogP contribution in [0.25, 0.3) is 0 Å². The van der Waals surface area contributed by atoms with Gasteiger partial charge in [-0.25, -0.2) is 4.98 Å². The van der Waals surface area contributed by atoms with Gasteiger partial charge in [0.2, 0.25) is 0 Å². The van der Waals surface area contributed by atoms with Crippen molar-refractivity contribution in [1.29, 1.82) is 0 Å². The Balaban J connectivity index is 2.21. The molecule has 2 rings (SSSR count). The third-order valence-electron chi connectivity index (χ3n) is 3.58. The van der Waals surface area contributed by atoms with Crippen molar-refractivity contribution in [3.05, 3.63) is 23.9 Å². The van der Waals surface area contributed by atoms with Crippen LogP contribution in [0, 0.1) is 5.92 Å². The Labute approximate surface area is 103 Å². The van der Waals surface area contributed by atoms with E-state index in [1.165, 1.54) is 19.3 Å². The number of hydrogen-bond acceptors (Lipinski definition) is 3. The van der Waals surface area contributed by atoms with E-state index in [-0.39, 0.29) is 0 Å². The first-order valence-corrected chi connectivity index (χ1v) is 6.56. The predicted molar refractivity (Wildman–Crippen MR) is 70.1 cm³/mol. The third-order valence-corrected chi connectivity index (χ3v) is 3.58. The van der Waals surface area contributed by atoms with E-state index in [4.69, 9.17) is 0 Å². The average Bonchev–Trinajstić information content (AvgIpc) is 2.54. The Morgan fingerprint density at radius 1 is 1.41 bits per heavy atom. The zero-order valence-corrected chi connectivity index (χ0v) is 10.8. The molecule has 1 N–H and O–H groups in total. The van der Waals surface area contributed by atoms with Crippen LogP contribution < -0.4 is 4.90 Å². The summed E-state index contributed by atoms with van der Waals surface area (Å²) in [5.74, 6) is 1.77. The van der Waals surface area contributed by atoms with Crippen LogP contribution in [0.4, 0.5) is 5.82 Å². The topological polar surface area (TPSA) is 36.4 Å². The van der Waals surface area contributed by atoms with E-state index in [0.717, 1.165) is 30.4 Å². The summed E-state index contributed by atoms with van der Waals surface area (Å²) in [6, 6.07) is 3.87. The Morgan fingerprint density at radius 3 is 3.00 bits per heavy atom. The molecule has 0 radical (unpaired) electrons. The van der Waals surface area contributed by atoms with Gasteiger partial charge in [0, 0.05) is 24.8 Å². The maximum atomic E-state index is 9.79. The molecule has 0 amide bonds. The summed E-state index contributed by atoms with van der Waals surface area (Å²) in [4.78, 5) is 6.78. The van der Waals surface area contributed by atoms with Crippen molar-refractivity contribution in [3.63, 3.8) is 0 Å². The molecule has 2 heterocycles. The first-order valence-electron chi connectivity index (χ1n) is 6.56. The predicted octanol–water partition coefficient (Wildman–Crippen LogP) is 2.76. The van der Waals surface area contributed by atoms with Crippen LogP contribution in [0.5, 0.6) is 0 Å². The van der Waals surface area contributed by atoms with E-state index in [1.807, 2.05) is 18.3 Å². The van der Waals surface area contributed by atoms with E-state index in [9.17, 15) is 5.11 Å². The second kappa shape index (κ2) is 5.50. The van der Waals surface area contributed by atoms with Crippen molar-refractivity contribution in [2.24, 2.45) is 5.92 Å². The van der Waals surface area contributed by atoms with E-state index >= 15 is 0 Å². The molecule has 1 unspecified atom stereocenters. The molecule has 0 aromatic carbocycles. The second-order valence-electron chi connectivity index (χ2n) is 5.12. The first-order chi connectivity index (χ1) is 8.18. The van der Waals surface area contributed by atoms with E-state index in [2.05, 4.69) is 16.8 Å². The molecule has 1 aliphatic heterocycles. The van der Waals surface area contributed by atoms with Crippen molar-refractivity contribution in [2.75, 3.05) is 18.0 Å². The first kappa shape index (κ1) is 12.4. The normalized spacial score (nSPS) is 23.2. The van der Waals surface area contributed by atoms with Crippen molar-refractivity contribution >= 4 is 5.82 Å². The maximum absolute atomic E-state index is 9.79. The monoisotopic (exact) mass is 234 g/mol.